The van der Waals surface area contributed by atoms with Crippen LogP contribution >= 0.6 is 0 Å². The van der Waals surface area contributed by atoms with Gasteiger partial charge in [0.15, 0.2) is 0 Å². The Labute approximate surface area is 108 Å². The van der Waals surface area contributed by atoms with Crippen LogP contribution in [-0.4, -0.2) is 41.0 Å². The van der Waals surface area contributed by atoms with Crippen LogP contribution in [0, 0.1) is 17.2 Å². The molecule has 0 aliphatic carbocycles. The third-order valence-electron chi connectivity index (χ3n) is 3.15. The van der Waals surface area contributed by atoms with Crippen molar-refractivity contribution in [3.05, 3.63) is 18.0 Å². The Morgan fingerprint density at radius 2 is 2.28 bits per heavy atom. The molecular formula is C13H19N5. The molecule has 96 valence electrons. The quantitative estimate of drug-likeness (QED) is 0.851. The first-order chi connectivity index (χ1) is 8.78. The normalized spacial score (nSPS) is 17.3. The largest absolute Gasteiger partial charge is 0.354 e. The zero-order valence-corrected chi connectivity index (χ0v) is 10.8. The molecule has 18 heavy (non-hydrogen) atoms. The van der Waals surface area contributed by atoms with Crippen LogP contribution in [0.4, 0.5) is 5.95 Å². The zero-order chi connectivity index (χ0) is 12.8. The molecular weight excluding hydrogens is 226 g/mol. The third-order valence-corrected chi connectivity index (χ3v) is 3.15. The van der Waals surface area contributed by atoms with Crippen LogP contribution in [0.3, 0.4) is 0 Å². The van der Waals surface area contributed by atoms with E-state index >= 15 is 0 Å². The lowest BCUT2D eigenvalue weighted by molar-refractivity contribution is 0.294. The van der Waals surface area contributed by atoms with Crippen LogP contribution in [0.1, 0.15) is 25.5 Å². The second-order valence-electron chi connectivity index (χ2n) is 4.87. The van der Waals surface area contributed by atoms with Gasteiger partial charge in [-0.3, -0.25) is 0 Å². The number of nitrogens with one attached hydrogen (secondary N) is 1. The summed E-state index contributed by atoms with van der Waals surface area (Å²) in [6.45, 7) is 6.63. The molecule has 1 N–H and O–H groups in total. The molecule has 1 saturated heterocycles. The van der Waals surface area contributed by atoms with Gasteiger partial charge in [-0.2, -0.15) is 5.26 Å². The van der Waals surface area contributed by atoms with Crippen molar-refractivity contribution in [2.24, 2.45) is 5.92 Å². The fourth-order valence-corrected chi connectivity index (χ4v) is 2.24. The molecule has 0 spiro atoms. The molecule has 5 nitrogen and oxygen atoms in total. The summed E-state index contributed by atoms with van der Waals surface area (Å²) in [5.41, 5.74) is 0.402. The maximum absolute atomic E-state index is 8.75. The van der Waals surface area contributed by atoms with Crippen LogP contribution < -0.4 is 5.32 Å². The van der Waals surface area contributed by atoms with Crippen molar-refractivity contribution in [1.29, 1.82) is 5.26 Å². The highest BCUT2D eigenvalue weighted by molar-refractivity contribution is 5.29. The molecule has 1 atom stereocenters. The molecule has 1 aliphatic heterocycles. The van der Waals surface area contributed by atoms with E-state index in [4.69, 9.17) is 5.26 Å². The summed E-state index contributed by atoms with van der Waals surface area (Å²) >= 11 is 0. The molecule has 1 aromatic heterocycles. The van der Waals surface area contributed by atoms with Gasteiger partial charge in [0.1, 0.15) is 11.8 Å². The van der Waals surface area contributed by atoms with Gasteiger partial charge in [0, 0.05) is 19.3 Å². The van der Waals surface area contributed by atoms with Crippen LogP contribution in [0.15, 0.2) is 12.3 Å². The van der Waals surface area contributed by atoms with E-state index in [0.29, 0.717) is 17.6 Å². The Hall–Kier alpha value is -1.67. The number of nitriles is 1. The summed E-state index contributed by atoms with van der Waals surface area (Å²) in [6, 6.07) is 3.62. The molecule has 0 aromatic carbocycles. The smallest absolute Gasteiger partial charge is 0.223 e. The Morgan fingerprint density at radius 1 is 1.50 bits per heavy atom. The van der Waals surface area contributed by atoms with Gasteiger partial charge < -0.3 is 10.2 Å². The minimum Gasteiger partial charge on any atom is -0.354 e. The second-order valence-corrected chi connectivity index (χ2v) is 4.87. The molecule has 2 heterocycles. The minimum absolute atomic E-state index is 0.402. The zero-order valence-electron chi connectivity index (χ0n) is 10.8. The summed E-state index contributed by atoms with van der Waals surface area (Å²) < 4.78 is 0. The van der Waals surface area contributed by atoms with Crippen molar-refractivity contribution < 1.29 is 0 Å². The van der Waals surface area contributed by atoms with Crippen LogP contribution in [0.5, 0.6) is 0 Å². The third kappa shape index (κ3) is 3.67. The number of nitrogens with zero attached hydrogens (tertiary/aromatic N) is 4. The first kappa shape index (κ1) is 12.8. The molecule has 0 radical (unpaired) electrons. The second kappa shape index (κ2) is 6.31. The van der Waals surface area contributed by atoms with E-state index in [1.54, 1.807) is 12.3 Å². The standard InChI is InChI=1S/C13H19N5/c1-11(10-18-6-2-3-7-18)9-16-13-15-5-4-12(8-14)17-13/h4-5,11H,2-3,6-7,9-10H2,1H3,(H,15,16,17). The highest BCUT2D eigenvalue weighted by Crippen LogP contribution is 2.10. The van der Waals surface area contributed by atoms with Crippen molar-refractivity contribution in [2.75, 3.05) is 31.5 Å². The fraction of sp³-hybridized carbons (Fsp3) is 0.615. The number of hydrogen-bond donors (Lipinski definition) is 1. The number of likely N-dealkylation sites (tertiary alicyclic amines) is 1. The first-order valence-corrected chi connectivity index (χ1v) is 6.47. The molecule has 1 aromatic rings. The van der Waals surface area contributed by atoms with Crippen molar-refractivity contribution in [3.8, 4) is 6.07 Å². The predicted octanol–water partition coefficient (Wildman–Crippen LogP) is 1.49. The molecule has 2 rings (SSSR count). The Kier molecular flexibility index (Phi) is 4.48. The Morgan fingerprint density at radius 3 is 3.00 bits per heavy atom. The molecule has 1 fully saturated rings. The van der Waals surface area contributed by atoms with Gasteiger partial charge in [0.25, 0.3) is 0 Å². The fourth-order valence-electron chi connectivity index (χ4n) is 2.24. The van der Waals surface area contributed by atoms with Crippen molar-refractivity contribution in [2.45, 2.75) is 19.8 Å². The van der Waals surface area contributed by atoms with Gasteiger partial charge in [-0.25, -0.2) is 9.97 Å². The molecule has 5 heteroatoms. The van der Waals surface area contributed by atoms with Gasteiger partial charge in [0.2, 0.25) is 5.95 Å². The SMILES string of the molecule is CC(CNc1nccc(C#N)n1)CN1CCCC1. The minimum atomic E-state index is 0.402. The summed E-state index contributed by atoms with van der Waals surface area (Å²) in [5.74, 6) is 1.10. The van der Waals surface area contributed by atoms with Gasteiger partial charge in [-0.15, -0.1) is 0 Å². The molecule has 1 aliphatic rings. The highest BCUT2D eigenvalue weighted by atomic mass is 15.1. The predicted molar refractivity (Wildman–Crippen MR) is 70.1 cm³/mol. The van der Waals surface area contributed by atoms with E-state index in [-0.39, 0.29) is 0 Å². The molecule has 0 saturated carbocycles. The molecule has 0 bridgehead atoms. The summed E-state index contributed by atoms with van der Waals surface area (Å²) in [6.07, 6.45) is 4.26. The van der Waals surface area contributed by atoms with Crippen LogP contribution in [0.25, 0.3) is 0 Å². The lowest BCUT2D eigenvalue weighted by Gasteiger charge is -2.20. The van der Waals surface area contributed by atoms with Gasteiger partial charge in [0.05, 0.1) is 0 Å². The number of aromatic nitrogens is 2. The Bertz CT molecular complexity index is 420. The summed E-state index contributed by atoms with van der Waals surface area (Å²) in [4.78, 5) is 10.7. The first-order valence-electron chi connectivity index (χ1n) is 6.47. The summed E-state index contributed by atoms with van der Waals surface area (Å²) in [5, 5.41) is 11.9. The van der Waals surface area contributed by atoms with Gasteiger partial charge >= 0.3 is 0 Å². The lowest BCUT2D eigenvalue weighted by atomic mass is 10.1. The number of anilines is 1. The average Bonchev–Trinajstić information content (AvgIpc) is 2.89. The van der Waals surface area contributed by atoms with E-state index in [9.17, 15) is 0 Å². The number of rotatable bonds is 5. The maximum Gasteiger partial charge on any atom is 0.223 e. The van der Waals surface area contributed by atoms with Crippen LogP contribution in [0.2, 0.25) is 0 Å². The van der Waals surface area contributed by atoms with Gasteiger partial charge in [-0.1, -0.05) is 6.92 Å². The van der Waals surface area contributed by atoms with E-state index in [0.717, 1.165) is 13.1 Å². The monoisotopic (exact) mass is 245 g/mol. The van der Waals surface area contributed by atoms with Crippen molar-refractivity contribution in [1.82, 2.24) is 14.9 Å². The molecule has 1 unspecified atom stereocenters. The maximum atomic E-state index is 8.75. The van der Waals surface area contributed by atoms with E-state index in [1.165, 1.54) is 25.9 Å². The van der Waals surface area contributed by atoms with E-state index in [1.807, 2.05) is 6.07 Å². The Balaban J connectivity index is 1.77. The van der Waals surface area contributed by atoms with Gasteiger partial charge in [-0.05, 0) is 37.9 Å². The molecule has 0 amide bonds. The number of hydrogen-bond acceptors (Lipinski definition) is 5. The summed E-state index contributed by atoms with van der Waals surface area (Å²) in [7, 11) is 0. The van der Waals surface area contributed by atoms with E-state index in [2.05, 4.69) is 27.1 Å². The van der Waals surface area contributed by atoms with E-state index < -0.39 is 0 Å². The van der Waals surface area contributed by atoms with Crippen molar-refractivity contribution >= 4 is 5.95 Å². The average molecular weight is 245 g/mol. The van der Waals surface area contributed by atoms with Crippen molar-refractivity contribution in [3.63, 3.8) is 0 Å². The topological polar surface area (TPSA) is 64.8 Å². The highest BCUT2D eigenvalue weighted by Gasteiger charge is 2.14. The lowest BCUT2D eigenvalue weighted by Crippen LogP contribution is -2.29. The van der Waals surface area contributed by atoms with Crippen LogP contribution in [-0.2, 0) is 0 Å².